The largest absolute Gasteiger partial charge is 0.395 e. The molecule has 0 aromatic rings. The summed E-state index contributed by atoms with van der Waals surface area (Å²) in [6.45, 7) is 9.16. The molecule has 96 valence electrons. The average molecular weight is 228 g/mol. The number of rotatable bonds is 10. The van der Waals surface area contributed by atoms with Crippen molar-refractivity contribution in [2.24, 2.45) is 5.92 Å². The third kappa shape index (κ3) is 5.83. The molecule has 0 saturated heterocycles. The number of nitrogens with zero attached hydrogens (tertiary/aromatic N) is 1. The number of likely N-dealkylation sites (N-methyl/N-ethyl adjacent to an activating group) is 1. The molecule has 16 heavy (non-hydrogen) atoms. The van der Waals surface area contributed by atoms with Crippen molar-refractivity contribution in [2.75, 3.05) is 32.8 Å². The summed E-state index contributed by atoms with van der Waals surface area (Å²) < 4.78 is 0. The lowest BCUT2D eigenvalue weighted by molar-refractivity contribution is 0.203. The van der Waals surface area contributed by atoms with Crippen molar-refractivity contribution in [1.29, 1.82) is 0 Å². The Balaban J connectivity index is 2.17. The minimum absolute atomic E-state index is 0.261. The van der Waals surface area contributed by atoms with E-state index in [4.69, 9.17) is 0 Å². The lowest BCUT2D eigenvalue weighted by atomic mass is 10.2. The second-order valence-electron chi connectivity index (χ2n) is 4.97. The van der Waals surface area contributed by atoms with Gasteiger partial charge in [0.25, 0.3) is 0 Å². The molecule has 0 aromatic heterocycles. The third-order valence-corrected chi connectivity index (χ3v) is 3.26. The molecule has 1 fully saturated rings. The van der Waals surface area contributed by atoms with Crippen molar-refractivity contribution >= 4 is 0 Å². The van der Waals surface area contributed by atoms with Gasteiger partial charge in [-0.1, -0.05) is 13.8 Å². The molecule has 1 rings (SSSR count). The van der Waals surface area contributed by atoms with Gasteiger partial charge in [0.2, 0.25) is 0 Å². The van der Waals surface area contributed by atoms with Gasteiger partial charge >= 0.3 is 0 Å². The van der Waals surface area contributed by atoms with E-state index in [2.05, 4.69) is 24.1 Å². The van der Waals surface area contributed by atoms with Gasteiger partial charge in [0.15, 0.2) is 0 Å². The SMILES string of the molecule is CCCN(CCC(CO)NCC)CC1CC1. The first-order chi connectivity index (χ1) is 7.80. The Labute approximate surface area is 100 Å². The van der Waals surface area contributed by atoms with Crippen molar-refractivity contribution in [3.05, 3.63) is 0 Å². The van der Waals surface area contributed by atoms with Crippen LogP contribution in [-0.4, -0.2) is 48.8 Å². The van der Waals surface area contributed by atoms with E-state index in [0.29, 0.717) is 0 Å². The fraction of sp³-hybridized carbons (Fsp3) is 1.00. The normalized spacial score (nSPS) is 18.0. The molecule has 0 aromatic carbocycles. The monoisotopic (exact) mass is 228 g/mol. The van der Waals surface area contributed by atoms with E-state index in [9.17, 15) is 5.11 Å². The highest BCUT2D eigenvalue weighted by atomic mass is 16.3. The van der Waals surface area contributed by atoms with Crippen molar-refractivity contribution in [1.82, 2.24) is 10.2 Å². The van der Waals surface area contributed by atoms with Crippen molar-refractivity contribution in [3.63, 3.8) is 0 Å². The van der Waals surface area contributed by atoms with Gasteiger partial charge in [-0.25, -0.2) is 0 Å². The van der Waals surface area contributed by atoms with Crippen LogP contribution in [0.2, 0.25) is 0 Å². The maximum absolute atomic E-state index is 9.21. The van der Waals surface area contributed by atoms with E-state index in [-0.39, 0.29) is 12.6 Å². The van der Waals surface area contributed by atoms with Gasteiger partial charge in [-0.3, -0.25) is 0 Å². The Morgan fingerprint density at radius 1 is 1.31 bits per heavy atom. The summed E-state index contributed by atoms with van der Waals surface area (Å²) in [6.07, 6.45) is 5.16. The van der Waals surface area contributed by atoms with E-state index < -0.39 is 0 Å². The van der Waals surface area contributed by atoms with Crippen LogP contribution in [-0.2, 0) is 0 Å². The van der Waals surface area contributed by atoms with Crippen LogP contribution in [0.3, 0.4) is 0 Å². The smallest absolute Gasteiger partial charge is 0.0585 e. The van der Waals surface area contributed by atoms with Crippen LogP contribution in [0.1, 0.15) is 39.5 Å². The Morgan fingerprint density at radius 2 is 2.06 bits per heavy atom. The molecule has 0 heterocycles. The Bertz CT molecular complexity index is 171. The highest BCUT2D eigenvalue weighted by Crippen LogP contribution is 2.29. The number of nitrogens with one attached hydrogen (secondary N) is 1. The summed E-state index contributed by atoms with van der Waals surface area (Å²) in [7, 11) is 0. The first kappa shape index (κ1) is 13.9. The molecule has 3 heteroatoms. The maximum Gasteiger partial charge on any atom is 0.0585 e. The maximum atomic E-state index is 9.21. The van der Waals surface area contributed by atoms with Crippen molar-refractivity contribution in [2.45, 2.75) is 45.6 Å². The molecule has 0 radical (unpaired) electrons. The predicted molar refractivity (Wildman–Crippen MR) is 68.6 cm³/mol. The zero-order chi connectivity index (χ0) is 11.8. The average Bonchev–Trinajstić information content (AvgIpc) is 3.08. The molecule has 0 bridgehead atoms. The van der Waals surface area contributed by atoms with Crippen LogP contribution < -0.4 is 5.32 Å². The van der Waals surface area contributed by atoms with E-state index in [1.807, 2.05) is 0 Å². The minimum Gasteiger partial charge on any atom is -0.395 e. The molecule has 1 aliphatic rings. The Kier molecular flexibility index (Phi) is 7.01. The minimum atomic E-state index is 0.261. The molecule has 3 nitrogen and oxygen atoms in total. The van der Waals surface area contributed by atoms with Crippen LogP contribution in [0.25, 0.3) is 0 Å². The first-order valence-electron chi connectivity index (χ1n) is 6.86. The predicted octanol–water partition coefficient (Wildman–Crippen LogP) is 1.47. The summed E-state index contributed by atoms with van der Waals surface area (Å²) in [5.74, 6) is 0.971. The second-order valence-corrected chi connectivity index (χ2v) is 4.97. The molecule has 0 aliphatic heterocycles. The topological polar surface area (TPSA) is 35.5 Å². The molecule has 1 aliphatic carbocycles. The van der Waals surface area contributed by atoms with Crippen LogP contribution in [0.5, 0.6) is 0 Å². The quantitative estimate of drug-likeness (QED) is 0.594. The second kappa shape index (κ2) is 8.04. The molecule has 1 atom stereocenters. The fourth-order valence-electron chi connectivity index (χ4n) is 2.16. The van der Waals surface area contributed by atoms with E-state index in [1.54, 1.807) is 0 Å². The zero-order valence-corrected chi connectivity index (χ0v) is 10.9. The van der Waals surface area contributed by atoms with Crippen molar-refractivity contribution in [3.8, 4) is 0 Å². The lowest BCUT2D eigenvalue weighted by Crippen LogP contribution is -2.37. The summed E-state index contributed by atoms with van der Waals surface area (Å²) >= 11 is 0. The van der Waals surface area contributed by atoms with Crippen LogP contribution in [0.4, 0.5) is 0 Å². The molecule has 1 saturated carbocycles. The number of hydrogen-bond acceptors (Lipinski definition) is 3. The molecule has 1 unspecified atom stereocenters. The van der Waals surface area contributed by atoms with Crippen LogP contribution in [0.15, 0.2) is 0 Å². The number of aliphatic hydroxyl groups is 1. The van der Waals surface area contributed by atoms with Crippen LogP contribution >= 0.6 is 0 Å². The Morgan fingerprint density at radius 3 is 2.56 bits per heavy atom. The zero-order valence-electron chi connectivity index (χ0n) is 10.9. The van der Waals surface area contributed by atoms with Gasteiger partial charge in [0.05, 0.1) is 6.61 Å². The third-order valence-electron chi connectivity index (χ3n) is 3.26. The van der Waals surface area contributed by atoms with Gasteiger partial charge in [-0.05, 0) is 51.2 Å². The number of aliphatic hydroxyl groups excluding tert-OH is 1. The standard InChI is InChI=1S/C13H28N2O/c1-3-8-15(10-12-5-6-12)9-7-13(11-16)14-4-2/h12-14,16H,3-11H2,1-2H3. The van der Waals surface area contributed by atoms with Gasteiger partial charge in [0.1, 0.15) is 0 Å². The fourth-order valence-corrected chi connectivity index (χ4v) is 2.16. The van der Waals surface area contributed by atoms with Crippen LogP contribution in [0, 0.1) is 5.92 Å². The highest BCUT2D eigenvalue weighted by molar-refractivity contribution is 4.78. The lowest BCUT2D eigenvalue weighted by Gasteiger charge is -2.24. The van der Waals surface area contributed by atoms with Crippen molar-refractivity contribution < 1.29 is 5.11 Å². The Hall–Kier alpha value is -0.120. The molecule has 0 amide bonds. The van der Waals surface area contributed by atoms with E-state index >= 15 is 0 Å². The summed E-state index contributed by atoms with van der Waals surface area (Å²) in [4.78, 5) is 2.57. The number of hydrogen-bond donors (Lipinski definition) is 2. The first-order valence-corrected chi connectivity index (χ1v) is 6.86. The molecule has 0 spiro atoms. The molecular formula is C13H28N2O. The summed E-state index contributed by atoms with van der Waals surface area (Å²) in [5.41, 5.74) is 0. The molecular weight excluding hydrogens is 200 g/mol. The van der Waals surface area contributed by atoms with E-state index in [0.717, 1.165) is 25.4 Å². The molecule has 2 N–H and O–H groups in total. The van der Waals surface area contributed by atoms with Gasteiger partial charge in [-0.2, -0.15) is 0 Å². The summed E-state index contributed by atoms with van der Waals surface area (Å²) in [5, 5.41) is 12.5. The highest BCUT2D eigenvalue weighted by Gasteiger charge is 2.24. The van der Waals surface area contributed by atoms with Gasteiger partial charge < -0.3 is 15.3 Å². The van der Waals surface area contributed by atoms with E-state index in [1.165, 1.54) is 32.4 Å². The van der Waals surface area contributed by atoms with Gasteiger partial charge in [-0.15, -0.1) is 0 Å². The summed E-state index contributed by atoms with van der Waals surface area (Å²) in [6, 6.07) is 0.281. The van der Waals surface area contributed by atoms with Gasteiger partial charge in [0, 0.05) is 12.6 Å².